The monoisotopic (exact) mass is 375 g/mol. The van der Waals surface area contributed by atoms with Crippen LogP contribution >= 0.6 is 0 Å². The number of piperidine rings is 1. The van der Waals surface area contributed by atoms with Crippen molar-refractivity contribution in [2.75, 3.05) is 31.6 Å². The number of rotatable bonds is 6. The number of benzene rings is 1. The van der Waals surface area contributed by atoms with E-state index in [9.17, 15) is 8.42 Å². The van der Waals surface area contributed by atoms with Crippen LogP contribution in [0, 0.1) is 12.8 Å². The number of nitrogens with one attached hydrogen (secondary N) is 1. The van der Waals surface area contributed by atoms with Gasteiger partial charge in [0.25, 0.3) is 0 Å². The van der Waals surface area contributed by atoms with Crippen molar-refractivity contribution in [3.63, 3.8) is 0 Å². The second kappa shape index (κ2) is 8.05. The highest BCUT2D eigenvalue weighted by Gasteiger charge is 2.22. The van der Waals surface area contributed by atoms with Crippen LogP contribution in [-0.2, 0) is 10.0 Å². The predicted molar refractivity (Wildman–Crippen MR) is 102 cm³/mol. The summed E-state index contributed by atoms with van der Waals surface area (Å²) in [4.78, 5) is 6.91. The zero-order valence-electron chi connectivity index (χ0n) is 15.2. The van der Waals surface area contributed by atoms with E-state index in [-0.39, 0.29) is 4.90 Å². The van der Waals surface area contributed by atoms with Crippen LogP contribution in [0.15, 0.2) is 47.5 Å². The van der Waals surface area contributed by atoms with E-state index in [2.05, 4.69) is 14.6 Å². The van der Waals surface area contributed by atoms with Crippen LogP contribution in [0.5, 0.6) is 5.75 Å². The average Bonchev–Trinajstić information content (AvgIpc) is 2.67. The van der Waals surface area contributed by atoms with Gasteiger partial charge in [-0.1, -0.05) is 6.07 Å². The Balaban J connectivity index is 1.55. The van der Waals surface area contributed by atoms with Gasteiger partial charge in [-0.25, -0.2) is 18.1 Å². The lowest BCUT2D eigenvalue weighted by molar-refractivity contribution is 0.400. The molecule has 1 aromatic heterocycles. The summed E-state index contributed by atoms with van der Waals surface area (Å²) in [5, 5.41) is 0. The Labute approximate surface area is 155 Å². The van der Waals surface area contributed by atoms with Crippen LogP contribution in [0.3, 0.4) is 0 Å². The summed E-state index contributed by atoms with van der Waals surface area (Å²) in [6, 6.07) is 10.8. The molecule has 1 fully saturated rings. The molecule has 1 aliphatic rings. The van der Waals surface area contributed by atoms with Crippen molar-refractivity contribution in [3.8, 4) is 5.75 Å². The number of hydrogen-bond donors (Lipinski definition) is 1. The second-order valence-corrected chi connectivity index (χ2v) is 8.37. The maximum atomic E-state index is 12.5. The summed E-state index contributed by atoms with van der Waals surface area (Å²) in [5.74, 6) is 2.01. The molecule has 2 heterocycles. The number of sulfonamides is 1. The van der Waals surface area contributed by atoms with E-state index in [1.807, 2.05) is 25.1 Å². The van der Waals surface area contributed by atoms with E-state index in [0.717, 1.165) is 37.3 Å². The Bertz CT molecular complexity index is 832. The molecule has 0 bridgehead atoms. The van der Waals surface area contributed by atoms with Crippen molar-refractivity contribution in [1.82, 2.24) is 9.71 Å². The molecule has 1 saturated heterocycles. The first kappa shape index (κ1) is 18.7. The minimum atomic E-state index is -3.50. The molecule has 3 rings (SSSR count). The van der Waals surface area contributed by atoms with Gasteiger partial charge in [0, 0.05) is 25.8 Å². The lowest BCUT2D eigenvalue weighted by atomic mass is 9.97. The normalized spacial score (nSPS) is 15.8. The summed E-state index contributed by atoms with van der Waals surface area (Å²) in [6.07, 6.45) is 3.69. The third-order valence-electron chi connectivity index (χ3n) is 4.83. The first-order chi connectivity index (χ1) is 12.5. The van der Waals surface area contributed by atoms with Crippen molar-refractivity contribution in [1.29, 1.82) is 0 Å². The number of pyridine rings is 1. The molecule has 0 atom stereocenters. The number of nitrogens with zero attached hydrogens (tertiary/aromatic N) is 2. The van der Waals surface area contributed by atoms with Crippen LogP contribution in [0.2, 0.25) is 0 Å². The van der Waals surface area contributed by atoms with Gasteiger partial charge < -0.3 is 9.64 Å². The largest absolute Gasteiger partial charge is 0.496 e. The number of ether oxygens (including phenoxy) is 1. The lowest BCUT2D eigenvalue weighted by Gasteiger charge is -2.32. The number of hydrogen-bond acceptors (Lipinski definition) is 5. The molecule has 0 amide bonds. The molecule has 6 nitrogen and oxygen atoms in total. The SMILES string of the molecule is COc1ccc(S(=O)(=O)NCC2CCN(c3ccccn3)CC2)cc1C. The predicted octanol–water partition coefficient (Wildman–Crippen LogP) is 2.59. The van der Waals surface area contributed by atoms with Crippen LogP contribution in [0.4, 0.5) is 5.82 Å². The van der Waals surface area contributed by atoms with E-state index < -0.39 is 10.0 Å². The van der Waals surface area contributed by atoms with Crippen molar-refractivity contribution in [2.45, 2.75) is 24.7 Å². The third-order valence-corrected chi connectivity index (χ3v) is 6.25. The van der Waals surface area contributed by atoms with Gasteiger partial charge in [0.1, 0.15) is 11.6 Å². The van der Waals surface area contributed by atoms with Gasteiger partial charge in [0.2, 0.25) is 10.0 Å². The van der Waals surface area contributed by atoms with Crippen molar-refractivity contribution >= 4 is 15.8 Å². The Morgan fingerprint density at radius 3 is 2.62 bits per heavy atom. The Morgan fingerprint density at radius 2 is 2.00 bits per heavy atom. The fourth-order valence-electron chi connectivity index (χ4n) is 3.24. The minimum Gasteiger partial charge on any atom is -0.496 e. The van der Waals surface area contributed by atoms with Crippen molar-refractivity contribution in [2.24, 2.45) is 5.92 Å². The van der Waals surface area contributed by atoms with Crippen LogP contribution in [-0.4, -0.2) is 40.1 Å². The van der Waals surface area contributed by atoms with Gasteiger partial charge in [-0.15, -0.1) is 0 Å². The molecule has 140 valence electrons. The van der Waals surface area contributed by atoms with Crippen molar-refractivity contribution in [3.05, 3.63) is 48.2 Å². The molecule has 2 aromatic rings. The molecule has 0 aliphatic carbocycles. The highest BCUT2D eigenvalue weighted by Crippen LogP contribution is 2.23. The molecule has 26 heavy (non-hydrogen) atoms. The van der Waals surface area contributed by atoms with E-state index in [1.54, 1.807) is 31.5 Å². The summed E-state index contributed by atoms with van der Waals surface area (Å²) in [7, 11) is -1.93. The molecule has 0 unspecified atom stereocenters. The molecule has 0 radical (unpaired) electrons. The highest BCUT2D eigenvalue weighted by molar-refractivity contribution is 7.89. The maximum absolute atomic E-state index is 12.5. The fourth-order valence-corrected chi connectivity index (χ4v) is 4.44. The van der Waals surface area contributed by atoms with E-state index in [1.165, 1.54) is 0 Å². The zero-order chi connectivity index (χ0) is 18.6. The fraction of sp³-hybridized carbons (Fsp3) is 0.421. The smallest absolute Gasteiger partial charge is 0.240 e. The summed E-state index contributed by atoms with van der Waals surface area (Å²) < 4.78 is 33.0. The Kier molecular flexibility index (Phi) is 5.78. The molecular weight excluding hydrogens is 350 g/mol. The highest BCUT2D eigenvalue weighted by atomic mass is 32.2. The van der Waals surface area contributed by atoms with Gasteiger partial charge in [0.15, 0.2) is 0 Å². The average molecular weight is 375 g/mol. The number of anilines is 1. The minimum absolute atomic E-state index is 0.279. The maximum Gasteiger partial charge on any atom is 0.240 e. The first-order valence-corrected chi connectivity index (χ1v) is 10.3. The van der Waals surface area contributed by atoms with Gasteiger partial charge in [-0.2, -0.15) is 0 Å². The molecule has 0 spiro atoms. The molecule has 7 heteroatoms. The van der Waals surface area contributed by atoms with Crippen LogP contribution in [0.1, 0.15) is 18.4 Å². The van der Waals surface area contributed by atoms with Gasteiger partial charge >= 0.3 is 0 Å². The van der Waals surface area contributed by atoms with E-state index in [4.69, 9.17) is 4.74 Å². The summed E-state index contributed by atoms with van der Waals surface area (Å²) in [5.41, 5.74) is 0.805. The number of aryl methyl sites for hydroxylation is 1. The van der Waals surface area contributed by atoms with Crippen LogP contribution < -0.4 is 14.4 Å². The third kappa shape index (κ3) is 4.34. The topological polar surface area (TPSA) is 71.5 Å². The van der Waals surface area contributed by atoms with E-state index >= 15 is 0 Å². The van der Waals surface area contributed by atoms with E-state index in [0.29, 0.717) is 18.2 Å². The standard InChI is InChI=1S/C19H25N3O3S/c1-15-13-17(6-7-18(15)25-2)26(23,24)21-14-16-8-11-22(12-9-16)19-5-3-4-10-20-19/h3-7,10,13,16,21H,8-9,11-12,14H2,1-2H3. The molecule has 1 aliphatic heterocycles. The number of aromatic nitrogens is 1. The second-order valence-electron chi connectivity index (χ2n) is 6.60. The lowest BCUT2D eigenvalue weighted by Crippen LogP contribution is -2.39. The van der Waals surface area contributed by atoms with Crippen LogP contribution in [0.25, 0.3) is 0 Å². The van der Waals surface area contributed by atoms with Crippen molar-refractivity contribution < 1.29 is 13.2 Å². The van der Waals surface area contributed by atoms with Gasteiger partial charge in [-0.05, 0) is 61.6 Å². The number of methoxy groups -OCH3 is 1. The summed E-state index contributed by atoms with van der Waals surface area (Å²) in [6.45, 7) is 4.09. The molecule has 0 saturated carbocycles. The molecule has 1 N–H and O–H groups in total. The Hall–Kier alpha value is -2.12. The zero-order valence-corrected chi connectivity index (χ0v) is 16.0. The van der Waals surface area contributed by atoms with Gasteiger partial charge in [0.05, 0.1) is 12.0 Å². The molecular formula is C19H25N3O3S. The molecule has 1 aromatic carbocycles. The van der Waals surface area contributed by atoms with Gasteiger partial charge in [-0.3, -0.25) is 0 Å². The summed E-state index contributed by atoms with van der Waals surface area (Å²) >= 11 is 0. The first-order valence-electron chi connectivity index (χ1n) is 8.80. The Morgan fingerprint density at radius 1 is 1.23 bits per heavy atom. The quantitative estimate of drug-likeness (QED) is 0.840.